The molecular weight excluding hydrogens is 328 g/mol. The van der Waals surface area contributed by atoms with Crippen LogP contribution in [0.1, 0.15) is 38.5 Å². The highest BCUT2D eigenvalue weighted by atomic mass is 16.6. The molecule has 1 atom stereocenters. The number of ether oxygens (including phenoxy) is 2. The van der Waals surface area contributed by atoms with E-state index >= 15 is 0 Å². The zero-order valence-corrected chi connectivity index (χ0v) is 15.5. The van der Waals surface area contributed by atoms with E-state index in [4.69, 9.17) is 9.47 Å². The van der Waals surface area contributed by atoms with Gasteiger partial charge in [-0.2, -0.15) is 0 Å². The van der Waals surface area contributed by atoms with Crippen molar-refractivity contribution in [3.05, 3.63) is 35.8 Å². The van der Waals surface area contributed by atoms with Crippen LogP contribution in [-0.4, -0.2) is 60.3 Å². The first-order valence-corrected chi connectivity index (χ1v) is 10.1. The molecule has 0 aliphatic carbocycles. The minimum absolute atomic E-state index is 0.597. The second-order valence-electron chi connectivity index (χ2n) is 7.65. The number of piperidine rings is 2. The number of benzene rings is 1. The summed E-state index contributed by atoms with van der Waals surface area (Å²) in [6, 6.07) is 7.72. The molecule has 1 aromatic rings. The average Bonchev–Trinajstić information content (AvgIpc) is 2.69. The molecular formula is C21H30N2O3. The summed E-state index contributed by atoms with van der Waals surface area (Å²) in [4.78, 5) is 4.74. The summed E-state index contributed by atoms with van der Waals surface area (Å²) in [5.41, 5.74) is 0. The highest BCUT2D eigenvalue weighted by molar-refractivity contribution is 5.44. The Kier molecular flexibility index (Phi) is 5.78. The second-order valence-corrected chi connectivity index (χ2v) is 7.65. The van der Waals surface area contributed by atoms with Gasteiger partial charge >= 0.3 is 0 Å². The quantitative estimate of drug-likeness (QED) is 0.877. The minimum atomic E-state index is -0.652. The van der Waals surface area contributed by atoms with Gasteiger partial charge in [0.2, 0.25) is 0 Å². The van der Waals surface area contributed by atoms with Gasteiger partial charge in [0, 0.05) is 6.54 Å². The fraction of sp³-hybridized carbons (Fsp3) is 0.619. The van der Waals surface area contributed by atoms with E-state index < -0.39 is 6.10 Å². The number of hydrogen-bond donors (Lipinski definition) is 1. The van der Waals surface area contributed by atoms with Crippen molar-refractivity contribution in [1.29, 1.82) is 0 Å². The minimum Gasteiger partial charge on any atom is -0.453 e. The van der Waals surface area contributed by atoms with E-state index in [0.717, 1.165) is 37.7 Å². The fourth-order valence-electron chi connectivity index (χ4n) is 4.13. The van der Waals surface area contributed by atoms with E-state index in [1.54, 1.807) is 0 Å². The molecule has 26 heavy (non-hydrogen) atoms. The number of aliphatic hydroxyl groups excluding tert-OH is 1. The molecule has 4 rings (SSSR count). The Hall–Kier alpha value is -1.56. The first-order valence-electron chi connectivity index (χ1n) is 10.1. The third-order valence-corrected chi connectivity index (χ3v) is 5.58. The number of hydrogen-bond acceptors (Lipinski definition) is 5. The maximum Gasteiger partial charge on any atom is 0.174 e. The molecule has 0 radical (unpaired) electrons. The topological polar surface area (TPSA) is 45.2 Å². The van der Waals surface area contributed by atoms with Crippen LogP contribution in [0.15, 0.2) is 35.8 Å². The van der Waals surface area contributed by atoms with Gasteiger partial charge in [0.15, 0.2) is 23.0 Å². The molecule has 2 saturated heterocycles. The molecule has 0 aromatic heterocycles. The molecule has 1 unspecified atom stereocenters. The molecule has 1 aromatic carbocycles. The van der Waals surface area contributed by atoms with Crippen molar-refractivity contribution >= 4 is 0 Å². The van der Waals surface area contributed by atoms with Gasteiger partial charge in [0.05, 0.1) is 6.54 Å². The van der Waals surface area contributed by atoms with Crippen LogP contribution < -0.4 is 9.47 Å². The van der Waals surface area contributed by atoms with E-state index in [0.29, 0.717) is 24.6 Å². The number of rotatable bonds is 5. The number of β-amino-alcohol motifs (C(OH)–C–C–N with tert-alkyl or cyclic N) is 1. The van der Waals surface area contributed by atoms with Gasteiger partial charge in [0.25, 0.3) is 0 Å². The lowest BCUT2D eigenvalue weighted by atomic mass is 10.1. The number of aliphatic hydroxyl groups is 1. The van der Waals surface area contributed by atoms with Crippen molar-refractivity contribution in [1.82, 2.24) is 9.80 Å². The molecule has 142 valence electrons. The third kappa shape index (κ3) is 4.22. The Morgan fingerprint density at radius 3 is 2.04 bits per heavy atom. The van der Waals surface area contributed by atoms with Gasteiger partial charge in [-0.15, -0.1) is 0 Å². The van der Waals surface area contributed by atoms with Crippen molar-refractivity contribution < 1.29 is 14.6 Å². The molecule has 3 aliphatic rings. The highest BCUT2D eigenvalue weighted by Crippen LogP contribution is 2.36. The van der Waals surface area contributed by atoms with Crippen LogP contribution in [0, 0.1) is 0 Å². The molecule has 3 aliphatic heterocycles. The SMILES string of the molecule is OC(CN1CCCCC1)C1=C(CN2CCCCC2)Oc2ccccc2O1. The van der Waals surface area contributed by atoms with Crippen LogP contribution in [0.25, 0.3) is 0 Å². The van der Waals surface area contributed by atoms with Crippen molar-refractivity contribution in [2.45, 2.75) is 44.6 Å². The largest absolute Gasteiger partial charge is 0.453 e. The number of fused-ring (bicyclic) bond motifs is 1. The van der Waals surface area contributed by atoms with Crippen LogP contribution >= 0.6 is 0 Å². The Balaban J connectivity index is 1.52. The zero-order chi connectivity index (χ0) is 17.8. The maximum atomic E-state index is 10.9. The van der Waals surface area contributed by atoms with E-state index in [2.05, 4.69) is 9.80 Å². The molecule has 0 saturated carbocycles. The lowest BCUT2D eigenvalue weighted by molar-refractivity contribution is 0.0827. The van der Waals surface area contributed by atoms with Crippen LogP contribution in [-0.2, 0) is 0 Å². The monoisotopic (exact) mass is 358 g/mol. The predicted molar refractivity (Wildman–Crippen MR) is 101 cm³/mol. The van der Waals surface area contributed by atoms with Gasteiger partial charge in [-0.05, 0) is 64.0 Å². The average molecular weight is 358 g/mol. The van der Waals surface area contributed by atoms with Gasteiger partial charge in [0.1, 0.15) is 6.10 Å². The Bertz CT molecular complexity index is 634. The van der Waals surface area contributed by atoms with Crippen molar-refractivity contribution in [3.63, 3.8) is 0 Å². The summed E-state index contributed by atoms with van der Waals surface area (Å²) in [5, 5.41) is 10.9. The van der Waals surface area contributed by atoms with Crippen LogP contribution in [0.3, 0.4) is 0 Å². The van der Waals surface area contributed by atoms with Gasteiger partial charge in [-0.25, -0.2) is 0 Å². The summed E-state index contributed by atoms with van der Waals surface area (Å²) in [5.74, 6) is 2.81. The van der Waals surface area contributed by atoms with Crippen molar-refractivity contribution in [3.8, 4) is 11.5 Å². The number of likely N-dealkylation sites (tertiary alicyclic amines) is 2. The Labute approximate surface area is 156 Å². The normalized spacial score (nSPS) is 23.1. The standard InChI is InChI=1S/C21H30N2O3/c24-17(15-22-11-5-1-6-12-22)21-20(16-23-13-7-2-8-14-23)25-18-9-3-4-10-19(18)26-21/h3-4,9-10,17,24H,1-2,5-8,11-16H2. The zero-order valence-electron chi connectivity index (χ0n) is 15.5. The van der Waals surface area contributed by atoms with Crippen molar-refractivity contribution in [2.24, 2.45) is 0 Å². The number of para-hydroxylation sites is 2. The Morgan fingerprint density at radius 2 is 1.38 bits per heavy atom. The summed E-state index contributed by atoms with van der Waals surface area (Å²) in [7, 11) is 0. The van der Waals surface area contributed by atoms with Gasteiger partial charge < -0.3 is 19.5 Å². The molecule has 2 fully saturated rings. The predicted octanol–water partition coefficient (Wildman–Crippen LogP) is 3.00. The first-order chi connectivity index (χ1) is 12.8. The van der Waals surface area contributed by atoms with Gasteiger partial charge in [-0.3, -0.25) is 4.90 Å². The molecule has 0 spiro atoms. The molecule has 3 heterocycles. The summed E-state index contributed by atoms with van der Waals surface area (Å²) >= 11 is 0. The Morgan fingerprint density at radius 1 is 0.808 bits per heavy atom. The summed E-state index contributed by atoms with van der Waals surface area (Å²) < 4.78 is 12.3. The van der Waals surface area contributed by atoms with E-state index in [-0.39, 0.29) is 0 Å². The summed E-state index contributed by atoms with van der Waals surface area (Å²) in [6.07, 6.45) is 6.84. The van der Waals surface area contributed by atoms with E-state index in [1.807, 2.05) is 24.3 Å². The fourth-order valence-corrected chi connectivity index (χ4v) is 4.13. The molecule has 1 N–H and O–H groups in total. The van der Waals surface area contributed by atoms with Crippen LogP contribution in [0.4, 0.5) is 0 Å². The second kappa shape index (κ2) is 8.42. The maximum absolute atomic E-state index is 10.9. The lowest BCUT2D eigenvalue weighted by Crippen LogP contribution is -2.40. The smallest absolute Gasteiger partial charge is 0.174 e. The lowest BCUT2D eigenvalue weighted by Gasteiger charge is -2.33. The van der Waals surface area contributed by atoms with Crippen LogP contribution in [0.2, 0.25) is 0 Å². The summed E-state index contributed by atoms with van der Waals surface area (Å²) in [6.45, 7) is 5.62. The first kappa shape index (κ1) is 17.8. The number of nitrogens with zero attached hydrogens (tertiary/aromatic N) is 2. The molecule has 0 bridgehead atoms. The molecule has 0 amide bonds. The van der Waals surface area contributed by atoms with E-state index in [9.17, 15) is 5.11 Å². The van der Waals surface area contributed by atoms with Crippen LogP contribution in [0.5, 0.6) is 11.5 Å². The third-order valence-electron chi connectivity index (χ3n) is 5.58. The van der Waals surface area contributed by atoms with Crippen molar-refractivity contribution in [2.75, 3.05) is 39.3 Å². The molecule has 5 nitrogen and oxygen atoms in total. The van der Waals surface area contributed by atoms with E-state index in [1.165, 1.54) is 38.5 Å². The van der Waals surface area contributed by atoms with Gasteiger partial charge in [-0.1, -0.05) is 25.0 Å². The molecule has 5 heteroatoms. The highest BCUT2D eigenvalue weighted by Gasteiger charge is 2.29.